The first-order valence-corrected chi connectivity index (χ1v) is 6.78. The third-order valence-electron chi connectivity index (χ3n) is 2.99. The Kier molecular flexibility index (Phi) is 5.42. The molecule has 2 heterocycles. The Labute approximate surface area is 109 Å². The third kappa shape index (κ3) is 4.27. The molecule has 1 saturated heterocycles. The lowest BCUT2D eigenvalue weighted by atomic mass is 10.2. The van der Waals surface area contributed by atoms with E-state index in [0.717, 1.165) is 50.4 Å². The van der Waals surface area contributed by atoms with Crippen molar-refractivity contribution >= 4 is 0 Å². The van der Waals surface area contributed by atoms with Gasteiger partial charge in [0.2, 0.25) is 0 Å². The monoisotopic (exact) mass is 250 g/mol. The van der Waals surface area contributed by atoms with E-state index in [1.165, 1.54) is 0 Å². The molecule has 4 nitrogen and oxygen atoms in total. The van der Waals surface area contributed by atoms with Gasteiger partial charge in [-0.2, -0.15) is 0 Å². The third-order valence-corrected chi connectivity index (χ3v) is 2.99. The summed E-state index contributed by atoms with van der Waals surface area (Å²) in [6.07, 6.45) is 5.44. The smallest absolute Gasteiger partial charge is 0.137 e. The number of pyridine rings is 1. The Balaban J connectivity index is 1.72. The molecule has 1 aromatic rings. The fraction of sp³-hybridized carbons (Fsp3) is 0.643. The molecule has 1 fully saturated rings. The first kappa shape index (κ1) is 13.3. The highest BCUT2D eigenvalue weighted by Crippen LogP contribution is 2.15. The van der Waals surface area contributed by atoms with Gasteiger partial charge in [0.05, 0.1) is 18.0 Å². The normalized spacial score (nSPS) is 19.1. The standard InChI is InChI=1S/C14H22N2O2/c1-2-7-15-9-12-5-6-13(10-16-12)18-11-14-4-3-8-17-14/h5-6,10,14-15H,2-4,7-9,11H2,1H3. The minimum absolute atomic E-state index is 0.260. The van der Waals surface area contributed by atoms with Crippen LogP contribution >= 0.6 is 0 Å². The van der Waals surface area contributed by atoms with Gasteiger partial charge in [-0.1, -0.05) is 6.92 Å². The lowest BCUT2D eigenvalue weighted by molar-refractivity contribution is 0.0678. The molecule has 2 rings (SSSR count). The Morgan fingerprint density at radius 2 is 2.44 bits per heavy atom. The van der Waals surface area contributed by atoms with Crippen LogP contribution in [0.4, 0.5) is 0 Å². The Bertz CT molecular complexity index is 334. The van der Waals surface area contributed by atoms with E-state index in [0.29, 0.717) is 6.61 Å². The molecule has 1 N–H and O–H groups in total. The van der Waals surface area contributed by atoms with Crippen molar-refractivity contribution in [2.45, 2.75) is 38.8 Å². The van der Waals surface area contributed by atoms with Crippen molar-refractivity contribution in [1.29, 1.82) is 0 Å². The van der Waals surface area contributed by atoms with Gasteiger partial charge in [0.1, 0.15) is 12.4 Å². The molecule has 0 aliphatic carbocycles. The van der Waals surface area contributed by atoms with E-state index < -0.39 is 0 Å². The van der Waals surface area contributed by atoms with Gasteiger partial charge < -0.3 is 14.8 Å². The van der Waals surface area contributed by atoms with Crippen LogP contribution in [0.25, 0.3) is 0 Å². The lowest BCUT2D eigenvalue weighted by Crippen LogP contribution is -2.17. The molecule has 0 aromatic carbocycles. The summed E-state index contributed by atoms with van der Waals surface area (Å²) in [5.41, 5.74) is 1.05. The average molecular weight is 250 g/mol. The van der Waals surface area contributed by atoms with Crippen molar-refractivity contribution in [2.24, 2.45) is 0 Å². The van der Waals surface area contributed by atoms with Gasteiger partial charge in [0.25, 0.3) is 0 Å². The molecule has 1 aliphatic rings. The summed E-state index contributed by atoms with van der Waals surface area (Å²) >= 11 is 0. The van der Waals surface area contributed by atoms with Crippen LogP contribution in [0.2, 0.25) is 0 Å². The quantitative estimate of drug-likeness (QED) is 0.753. The minimum Gasteiger partial charge on any atom is -0.489 e. The number of nitrogens with one attached hydrogen (secondary N) is 1. The first-order chi connectivity index (χ1) is 8.88. The summed E-state index contributed by atoms with van der Waals surface area (Å²) in [6.45, 7) is 5.50. The molecule has 0 radical (unpaired) electrons. The maximum Gasteiger partial charge on any atom is 0.137 e. The second-order valence-corrected chi connectivity index (χ2v) is 4.61. The highest BCUT2D eigenvalue weighted by molar-refractivity contribution is 5.19. The molecule has 18 heavy (non-hydrogen) atoms. The highest BCUT2D eigenvalue weighted by atomic mass is 16.5. The van der Waals surface area contributed by atoms with Crippen LogP contribution in [0.15, 0.2) is 18.3 Å². The topological polar surface area (TPSA) is 43.4 Å². The van der Waals surface area contributed by atoms with Crippen LogP contribution in [-0.2, 0) is 11.3 Å². The zero-order valence-corrected chi connectivity index (χ0v) is 11.0. The number of nitrogens with zero attached hydrogens (tertiary/aromatic N) is 1. The Morgan fingerprint density at radius 3 is 3.11 bits per heavy atom. The van der Waals surface area contributed by atoms with Crippen molar-refractivity contribution in [2.75, 3.05) is 19.8 Å². The predicted octanol–water partition coefficient (Wildman–Crippen LogP) is 2.14. The lowest BCUT2D eigenvalue weighted by Gasteiger charge is -2.11. The SMILES string of the molecule is CCCNCc1ccc(OCC2CCCO2)cn1. The summed E-state index contributed by atoms with van der Waals surface area (Å²) in [5, 5.41) is 3.32. The summed E-state index contributed by atoms with van der Waals surface area (Å²) in [7, 11) is 0. The van der Waals surface area contributed by atoms with Crippen molar-refractivity contribution in [3.05, 3.63) is 24.0 Å². The summed E-state index contributed by atoms with van der Waals surface area (Å²) < 4.78 is 11.2. The van der Waals surface area contributed by atoms with Crippen LogP contribution in [0.5, 0.6) is 5.75 Å². The summed E-state index contributed by atoms with van der Waals surface area (Å²) in [6, 6.07) is 3.98. The number of hydrogen-bond donors (Lipinski definition) is 1. The van der Waals surface area contributed by atoms with Gasteiger partial charge in [0, 0.05) is 13.2 Å². The Hall–Kier alpha value is -1.13. The van der Waals surface area contributed by atoms with Gasteiger partial charge in [-0.25, -0.2) is 0 Å². The van der Waals surface area contributed by atoms with E-state index in [1.807, 2.05) is 12.1 Å². The molecule has 0 saturated carbocycles. The van der Waals surface area contributed by atoms with E-state index in [1.54, 1.807) is 6.20 Å². The van der Waals surface area contributed by atoms with Crippen molar-refractivity contribution in [1.82, 2.24) is 10.3 Å². The number of aromatic nitrogens is 1. The van der Waals surface area contributed by atoms with Gasteiger partial charge in [0.15, 0.2) is 0 Å². The van der Waals surface area contributed by atoms with Crippen LogP contribution < -0.4 is 10.1 Å². The van der Waals surface area contributed by atoms with Crippen LogP contribution in [0, 0.1) is 0 Å². The maximum absolute atomic E-state index is 5.66. The van der Waals surface area contributed by atoms with Crippen LogP contribution in [-0.4, -0.2) is 30.8 Å². The molecule has 1 atom stereocenters. The molecule has 4 heteroatoms. The number of rotatable bonds is 7. The maximum atomic E-state index is 5.66. The number of ether oxygens (including phenoxy) is 2. The molecule has 1 unspecified atom stereocenters. The van der Waals surface area contributed by atoms with Gasteiger partial charge in [-0.3, -0.25) is 4.98 Å². The minimum atomic E-state index is 0.260. The van der Waals surface area contributed by atoms with Crippen LogP contribution in [0.3, 0.4) is 0 Å². The molecular formula is C14H22N2O2. The second-order valence-electron chi connectivity index (χ2n) is 4.61. The highest BCUT2D eigenvalue weighted by Gasteiger charge is 2.15. The number of hydrogen-bond acceptors (Lipinski definition) is 4. The second kappa shape index (κ2) is 7.34. The van der Waals surface area contributed by atoms with Crippen molar-refractivity contribution < 1.29 is 9.47 Å². The summed E-state index contributed by atoms with van der Waals surface area (Å²) in [5.74, 6) is 0.824. The summed E-state index contributed by atoms with van der Waals surface area (Å²) in [4.78, 5) is 4.37. The van der Waals surface area contributed by atoms with Crippen LogP contribution in [0.1, 0.15) is 31.9 Å². The molecule has 0 spiro atoms. The molecule has 1 aromatic heterocycles. The first-order valence-electron chi connectivity index (χ1n) is 6.78. The van der Waals surface area contributed by atoms with E-state index in [-0.39, 0.29) is 6.10 Å². The van der Waals surface area contributed by atoms with Crippen molar-refractivity contribution in [3.63, 3.8) is 0 Å². The molecule has 100 valence electrons. The average Bonchev–Trinajstić information content (AvgIpc) is 2.91. The molecule has 0 amide bonds. The van der Waals surface area contributed by atoms with E-state index in [2.05, 4.69) is 17.2 Å². The van der Waals surface area contributed by atoms with E-state index in [9.17, 15) is 0 Å². The molecular weight excluding hydrogens is 228 g/mol. The van der Waals surface area contributed by atoms with Crippen molar-refractivity contribution in [3.8, 4) is 5.75 Å². The predicted molar refractivity (Wildman–Crippen MR) is 70.7 cm³/mol. The zero-order valence-electron chi connectivity index (χ0n) is 11.0. The fourth-order valence-corrected chi connectivity index (χ4v) is 1.96. The van der Waals surface area contributed by atoms with Gasteiger partial charge >= 0.3 is 0 Å². The molecule has 0 bridgehead atoms. The van der Waals surface area contributed by atoms with E-state index in [4.69, 9.17) is 9.47 Å². The van der Waals surface area contributed by atoms with Gasteiger partial charge in [-0.15, -0.1) is 0 Å². The fourth-order valence-electron chi connectivity index (χ4n) is 1.96. The largest absolute Gasteiger partial charge is 0.489 e. The van der Waals surface area contributed by atoms with E-state index >= 15 is 0 Å². The molecule has 1 aliphatic heterocycles. The zero-order chi connectivity index (χ0) is 12.6. The Morgan fingerprint density at radius 1 is 1.50 bits per heavy atom. The van der Waals surface area contributed by atoms with Gasteiger partial charge in [-0.05, 0) is 37.9 Å².